The fourth-order valence-corrected chi connectivity index (χ4v) is 5.26. The summed E-state index contributed by atoms with van der Waals surface area (Å²) in [6.07, 6.45) is 1.30. The van der Waals surface area contributed by atoms with Gasteiger partial charge >= 0.3 is 0 Å². The first-order chi connectivity index (χ1) is 12.5. The predicted octanol–water partition coefficient (Wildman–Crippen LogP) is 2.38. The molecule has 0 saturated heterocycles. The molecule has 1 aromatic carbocycles. The minimum atomic E-state index is -3.67. The van der Waals surface area contributed by atoms with Crippen molar-refractivity contribution in [2.45, 2.75) is 10.1 Å². The average Bonchev–Trinajstić information content (AvgIpc) is 3.17. The smallest absolute Gasteiger partial charge is 0.252 e. The molecule has 0 saturated carbocycles. The van der Waals surface area contributed by atoms with Crippen LogP contribution in [0.25, 0.3) is 0 Å². The summed E-state index contributed by atoms with van der Waals surface area (Å²) in [4.78, 5) is 26.6. The first-order valence-corrected chi connectivity index (χ1v) is 10.2. The maximum Gasteiger partial charge on any atom is 0.252 e. The van der Waals surface area contributed by atoms with Gasteiger partial charge in [0, 0.05) is 23.7 Å². The lowest BCUT2D eigenvalue weighted by atomic mass is 10.2. The molecule has 1 amide bonds. The Bertz CT molecular complexity index is 1020. The Morgan fingerprint density at radius 2 is 1.85 bits per heavy atom. The van der Waals surface area contributed by atoms with Gasteiger partial charge in [-0.05, 0) is 29.6 Å². The van der Waals surface area contributed by atoms with E-state index in [4.69, 9.17) is 0 Å². The monoisotopic (exact) mass is 388 g/mol. The van der Waals surface area contributed by atoms with Gasteiger partial charge in [0.25, 0.3) is 5.91 Å². The number of benzene rings is 1. The molecular formula is C18H16N2O4S2. The summed E-state index contributed by atoms with van der Waals surface area (Å²) in [5.41, 5.74) is -0.0590. The van der Waals surface area contributed by atoms with Crippen LogP contribution in [-0.2, 0) is 9.84 Å². The van der Waals surface area contributed by atoms with E-state index in [9.17, 15) is 18.0 Å². The quantitative estimate of drug-likeness (QED) is 0.678. The number of hydrogen-bond acceptors (Lipinski definition) is 5. The molecule has 134 valence electrons. The number of nitrogens with one attached hydrogen (secondary N) is 2. The van der Waals surface area contributed by atoms with E-state index in [-0.39, 0.29) is 22.6 Å². The molecule has 0 spiro atoms. The minimum absolute atomic E-state index is 0.0737. The number of hydrogen-bond donors (Lipinski definition) is 2. The van der Waals surface area contributed by atoms with Crippen LogP contribution in [0.2, 0.25) is 0 Å². The molecule has 2 heterocycles. The summed E-state index contributed by atoms with van der Waals surface area (Å²) in [6.45, 7) is -0.0737. The summed E-state index contributed by atoms with van der Waals surface area (Å²) in [6, 6.07) is 14.3. The van der Waals surface area contributed by atoms with Crippen LogP contribution in [-0.4, -0.2) is 25.9 Å². The van der Waals surface area contributed by atoms with Crippen molar-refractivity contribution in [2.75, 3.05) is 6.54 Å². The second-order valence-corrected chi connectivity index (χ2v) is 8.62. The summed E-state index contributed by atoms with van der Waals surface area (Å²) in [5, 5.41) is 3.56. The van der Waals surface area contributed by atoms with Gasteiger partial charge in [0.2, 0.25) is 5.56 Å². The fourth-order valence-electron chi connectivity index (χ4n) is 2.45. The van der Waals surface area contributed by atoms with E-state index >= 15 is 0 Å². The molecule has 2 aromatic heterocycles. The van der Waals surface area contributed by atoms with Crippen LogP contribution in [0.4, 0.5) is 0 Å². The first-order valence-electron chi connectivity index (χ1n) is 7.78. The van der Waals surface area contributed by atoms with Gasteiger partial charge in [-0.25, -0.2) is 8.42 Å². The standard InChI is InChI=1S/C18H16N2O4S2/c21-17-9-8-13(11-19-17)18(22)20-12-16(15-7-4-10-25-15)26(23,24)14-5-2-1-3-6-14/h1-11,16H,12H2,(H,19,21)(H,20,22). The number of sulfone groups is 1. The van der Waals surface area contributed by atoms with Gasteiger partial charge < -0.3 is 10.3 Å². The second kappa shape index (κ2) is 7.67. The van der Waals surface area contributed by atoms with Gasteiger partial charge in [-0.1, -0.05) is 24.3 Å². The van der Waals surface area contributed by atoms with Crippen molar-refractivity contribution < 1.29 is 13.2 Å². The highest BCUT2D eigenvalue weighted by Gasteiger charge is 2.30. The zero-order chi connectivity index (χ0) is 18.6. The number of amides is 1. The molecule has 8 heteroatoms. The Morgan fingerprint density at radius 1 is 1.08 bits per heavy atom. The Balaban J connectivity index is 1.85. The SMILES string of the molecule is O=C(NCC(c1cccs1)S(=O)(=O)c1ccccc1)c1ccc(=O)[nH]c1. The van der Waals surface area contributed by atoms with Gasteiger partial charge in [-0.3, -0.25) is 9.59 Å². The summed E-state index contributed by atoms with van der Waals surface area (Å²) < 4.78 is 26.1. The van der Waals surface area contributed by atoms with Crippen LogP contribution in [0.5, 0.6) is 0 Å². The fraction of sp³-hybridized carbons (Fsp3) is 0.111. The first kappa shape index (κ1) is 18.1. The number of aromatic amines is 1. The average molecular weight is 388 g/mol. The Kier molecular flexibility index (Phi) is 5.34. The van der Waals surface area contributed by atoms with E-state index in [0.717, 1.165) is 0 Å². The Morgan fingerprint density at radius 3 is 2.46 bits per heavy atom. The van der Waals surface area contributed by atoms with Crippen LogP contribution in [0.15, 0.2) is 75.9 Å². The third-order valence-corrected chi connectivity index (χ3v) is 7.04. The third-order valence-electron chi connectivity index (χ3n) is 3.80. The van der Waals surface area contributed by atoms with Gasteiger partial charge in [0.05, 0.1) is 10.5 Å². The topological polar surface area (TPSA) is 96.1 Å². The zero-order valence-corrected chi connectivity index (χ0v) is 15.2. The molecule has 6 nitrogen and oxygen atoms in total. The van der Waals surface area contributed by atoms with Crippen molar-refractivity contribution in [3.63, 3.8) is 0 Å². The second-order valence-electron chi connectivity index (χ2n) is 5.51. The molecule has 1 atom stereocenters. The van der Waals surface area contributed by atoms with Gasteiger partial charge in [0.1, 0.15) is 5.25 Å². The lowest BCUT2D eigenvalue weighted by molar-refractivity contribution is 0.0953. The van der Waals surface area contributed by atoms with Crippen LogP contribution in [0.1, 0.15) is 20.5 Å². The summed E-state index contributed by atoms with van der Waals surface area (Å²) in [5.74, 6) is -0.453. The lowest BCUT2D eigenvalue weighted by Crippen LogP contribution is -2.32. The number of pyridine rings is 1. The molecule has 0 aliphatic carbocycles. The number of carbonyl (C=O) groups excluding carboxylic acids is 1. The largest absolute Gasteiger partial charge is 0.350 e. The number of H-pyrrole nitrogens is 1. The number of aromatic nitrogens is 1. The van der Waals surface area contributed by atoms with E-state index in [1.165, 1.54) is 29.7 Å². The maximum atomic E-state index is 13.0. The van der Waals surface area contributed by atoms with Crippen LogP contribution >= 0.6 is 11.3 Å². The molecule has 3 rings (SSSR count). The highest BCUT2D eigenvalue weighted by Crippen LogP contribution is 2.31. The number of rotatable bonds is 6. The van der Waals surface area contributed by atoms with Crippen molar-refractivity contribution in [2.24, 2.45) is 0 Å². The van der Waals surface area contributed by atoms with Crippen molar-refractivity contribution in [3.05, 3.63) is 87.0 Å². The van der Waals surface area contributed by atoms with Gasteiger partial charge in [0.15, 0.2) is 9.84 Å². The van der Waals surface area contributed by atoms with Gasteiger partial charge in [-0.2, -0.15) is 0 Å². The van der Waals surface area contributed by atoms with E-state index < -0.39 is 21.0 Å². The van der Waals surface area contributed by atoms with E-state index in [2.05, 4.69) is 10.3 Å². The number of carbonyl (C=O) groups is 1. The van der Waals surface area contributed by atoms with Crippen LogP contribution < -0.4 is 10.9 Å². The Hall–Kier alpha value is -2.71. The van der Waals surface area contributed by atoms with Crippen molar-refractivity contribution in [1.29, 1.82) is 0 Å². The Labute approximate surface area is 154 Å². The molecule has 1 unspecified atom stereocenters. The van der Waals surface area contributed by atoms with E-state index in [1.54, 1.807) is 47.8 Å². The van der Waals surface area contributed by atoms with Gasteiger partial charge in [-0.15, -0.1) is 11.3 Å². The molecule has 0 aliphatic rings. The molecule has 0 fully saturated rings. The van der Waals surface area contributed by atoms with Crippen molar-refractivity contribution >= 4 is 27.1 Å². The maximum absolute atomic E-state index is 13.0. The lowest BCUT2D eigenvalue weighted by Gasteiger charge is -2.17. The molecule has 0 bridgehead atoms. The zero-order valence-electron chi connectivity index (χ0n) is 13.6. The molecule has 2 N–H and O–H groups in total. The van der Waals surface area contributed by atoms with Crippen molar-refractivity contribution in [3.8, 4) is 0 Å². The van der Waals surface area contributed by atoms with Crippen LogP contribution in [0, 0.1) is 0 Å². The van der Waals surface area contributed by atoms with Crippen LogP contribution in [0.3, 0.4) is 0 Å². The summed E-state index contributed by atoms with van der Waals surface area (Å²) >= 11 is 1.32. The molecular weight excluding hydrogens is 372 g/mol. The minimum Gasteiger partial charge on any atom is -0.350 e. The van der Waals surface area contributed by atoms with E-state index in [0.29, 0.717) is 4.88 Å². The molecule has 3 aromatic rings. The normalized spacial score (nSPS) is 12.5. The number of thiophene rings is 1. The molecule has 0 radical (unpaired) electrons. The molecule has 26 heavy (non-hydrogen) atoms. The highest BCUT2D eigenvalue weighted by molar-refractivity contribution is 7.91. The predicted molar refractivity (Wildman–Crippen MR) is 100 cm³/mol. The van der Waals surface area contributed by atoms with E-state index in [1.807, 2.05) is 0 Å². The van der Waals surface area contributed by atoms with Crippen molar-refractivity contribution in [1.82, 2.24) is 10.3 Å². The third kappa shape index (κ3) is 3.92. The summed E-state index contributed by atoms with van der Waals surface area (Å²) in [7, 11) is -3.67. The molecule has 0 aliphatic heterocycles. The highest BCUT2D eigenvalue weighted by atomic mass is 32.2.